The lowest BCUT2D eigenvalue weighted by molar-refractivity contribution is 0.0601. The van der Waals surface area contributed by atoms with Crippen molar-refractivity contribution in [1.29, 1.82) is 0 Å². The molecule has 0 aromatic carbocycles. The predicted octanol–water partition coefficient (Wildman–Crippen LogP) is 2.30. The third-order valence-electron chi connectivity index (χ3n) is 3.03. The lowest BCUT2D eigenvalue weighted by Gasteiger charge is -2.15. The first-order valence-corrected chi connectivity index (χ1v) is 6.20. The molecule has 100 valence electrons. The molecule has 0 radical (unpaired) electrons. The summed E-state index contributed by atoms with van der Waals surface area (Å²) in [5.74, 6) is 0.666. The van der Waals surface area contributed by atoms with Crippen LogP contribution in [0.15, 0.2) is 12.3 Å². The maximum absolute atomic E-state index is 11.6. The molecule has 18 heavy (non-hydrogen) atoms. The van der Waals surface area contributed by atoms with Crippen LogP contribution < -0.4 is 11.1 Å². The monoisotopic (exact) mass is 251 g/mol. The lowest BCUT2D eigenvalue weighted by Crippen LogP contribution is -2.16. The van der Waals surface area contributed by atoms with Gasteiger partial charge in [-0.25, -0.2) is 9.78 Å². The van der Waals surface area contributed by atoms with E-state index in [4.69, 9.17) is 10.5 Å². The Morgan fingerprint density at radius 2 is 2.17 bits per heavy atom. The first kappa shape index (κ1) is 14.3. The number of pyridine rings is 1. The Morgan fingerprint density at radius 3 is 2.72 bits per heavy atom. The van der Waals surface area contributed by atoms with Crippen molar-refractivity contribution in [3.05, 3.63) is 17.8 Å². The number of nitrogens with one attached hydrogen (secondary N) is 1. The smallest absolute Gasteiger partial charge is 0.341 e. The number of methoxy groups -OCH3 is 1. The summed E-state index contributed by atoms with van der Waals surface area (Å²) in [6.07, 6.45) is 3.71. The number of aromatic nitrogens is 1. The maximum atomic E-state index is 11.6. The van der Waals surface area contributed by atoms with Crippen molar-refractivity contribution < 1.29 is 9.53 Å². The van der Waals surface area contributed by atoms with Crippen LogP contribution in [0.2, 0.25) is 0 Å². The molecular formula is C13H21N3O2. The number of carbonyl (C=O) groups excluding carboxylic acids is 1. The van der Waals surface area contributed by atoms with Crippen LogP contribution in [0.1, 0.15) is 37.0 Å². The molecule has 3 N–H and O–H groups in total. The number of rotatable bonds is 6. The fraction of sp³-hybridized carbons (Fsp3) is 0.538. The zero-order valence-electron chi connectivity index (χ0n) is 11.2. The van der Waals surface area contributed by atoms with Gasteiger partial charge in [0.2, 0.25) is 0 Å². The largest absolute Gasteiger partial charge is 0.465 e. The zero-order chi connectivity index (χ0) is 13.5. The third kappa shape index (κ3) is 3.61. The summed E-state index contributed by atoms with van der Waals surface area (Å²) < 4.78 is 4.72. The van der Waals surface area contributed by atoms with Gasteiger partial charge < -0.3 is 15.8 Å². The van der Waals surface area contributed by atoms with E-state index in [9.17, 15) is 4.79 Å². The van der Waals surface area contributed by atoms with Gasteiger partial charge in [0.05, 0.1) is 19.0 Å². The number of esters is 1. The van der Waals surface area contributed by atoms with Gasteiger partial charge >= 0.3 is 5.97 Å². The van der Waals surface area contributed by atoms with Crippen LogP contribution >= 0.6 is 0 Å². The third-order valence-corrected chi connectivity index (χ3v) is 3.03. The molecular weight excluding hydrogens is 230 g/mol. The molecule has 0 atom stereocenters. The van der Waals surface area contributed by atoms with Crippen molar-refractivity contribution in [2.45, 2.75) is 26.7 Å². The van der Waals surface area contributed by atoms with Gasteiger partial charge in [0.15, 0.2) is 0 Å². The molecule has 0 saturated carbocycles. The summed E-state index contributed by atoms with van der Waals surface area (Å²) in [4.78, 5) is 15.8. The van der Waals surface area contributed by atoms with Crippen LogP contribution in [-0.4, -0.2) is 24.6 Å². The van der Waals surface area contributed by atoms with E-state index in [2.05, 4.69) is 24.1 Å². The number of anilines is 2. The minimum atomic E-state index is -0.429. The number of carbonyl (C=O) groups is 1. The molecule has 0 fully saturated rings. The summed E-state index contributed by atoms with van der Waals surface area (Å²) >= 11 is 0. The average Bonchev–Trinajstić information content (AvgIpc) is 2.40. The number of nitrogens with two attached hydrogens (primary N) is 1. The Bertz CT molecular complexity index is 403. The number of hydrogen-bond donors (Lipinski definition) is 2. The van der Waals surface area contributed by atoms with Crippen molar-refractivity contribution in [1.82, 2.24) is 4.98 Å². The zero-order valence-corrected chi connectivity index (χ0v) is 11.2. The minimum absolute atomic E-state index is 0.378. The first-order valence-electron chi connectivity index (χ1n) is 6.20. The SMILES string of the molecule is CCC(CC)CNc1ncc(N)cc1C(=O)OC. The molecule has 0 unspecified atom stereocenters. The highest BCUT2D eigenvalue weighted by molar-refractivity contribution is 5.95. The first-order chi connectivity index (χ1) is 8.62. The molecule has 0 aliphatic rings. The molecule has 0 spiro atoms. The van der Waals surface area contributed by atoms with Crippen molar-refractivity contribution in [3.8, 4) is 0 Å². The number of hydrogen-bond acceptors (Lipinski definition) is 5. The average molecular weight is 251 g/mol. The second-order valence-corrected chi connectivity index (χ2v) is 4.22. The van der Waals surface area contributed by atoms with Gasteiger partial charge in [-0.05, 0) is 12.0 Å². The maximum Gasteiger partial charge on any atom is 0.341 e. The molecule has 5 nitrogen and oxygen atoms in total. The van der Waals surface area contributed by atoms with Gasteiger partial charge in [0.25, 0.3) is 0 Å². The van der Waals surface area contributed by atoms with E-state index < -0.39 is 5.97 Å². The molecule has 1 aromatic rings. The van der Waals surface area contributed by atoms with E-state index in [0.29, 0.717) is 23.0 Å². The number of nitrogens with zero attached hydrogens (tertiary/aromatic N) is 1. The van der Waals surface area contributed by atoms with Crippen molar-refractivity contribution in [2.24, 2.45) is 5.92 Å². The van der Waals surface area contributed by atoms with Crippen LogP contribution in [0.25, 0.3) is 0 Å². The highest BCUT2D eigenvalue weighted by Gasteiger charge is 2.14. The Balaban J connectivity index is 2.84. The molecule has 0 aliphatic heterocycles. The van der Waals surface area contributed by atoms with Crippen molar-refractivity contribution >= 4 is 17.5 Å². The van der Waals surface area contributed by atoms with Gasteiger partial charge in [-0.1, -0.05) is 26.7 Å². The highest BCUT2D eigenvalue weighted by atomic mass is 16.5. The summed E-state index contributed by atoms with van der Waals surface area (Å²) in [5.41, 5.74) is 6.46. The number of ether oxygens (including phenoxy) is 1. The van der Waals surface area contributed by atoms with E-state index in [1.54, 1.807) is 6.07 Å². The molecule has 0 bridgehead atoms. The standard InChI is InChI=1S/C13H21N3O2/c1-4-9(5-2)7-15-12-11(13(17)18-3)6-10(14)8-16-12/h6,8-9H,4-5,7,14H2,1-3H3,(H,15,16). The molecule has 0 aliphatic carbocycles. The van der Waals surface area contributed by atoms with Crippen molar-refractivity contribution in [3.63, 3.8) is 0 Å². The predicted molar refractivity (Wildman–Crippen MR) is 72.6 cm³/mol. The van der Waals surface area contributed by atoms with Gasteiger partial charge in [-0.3, -0.25) is 0 Å². The second-order valence-electron chi connectivity index (χ2n) is 4.22. The topological polar surface area (TPSA) is 77.2 Å². The molecule has 5 heteroatoms. The van der Waals surface area contributed by atoms with E-state index in [-0.39, 0.29) is 0 Å². The summed E-state index contributed by atoms with van der Waals surface area (Å²) in [6.45, 7) is 5.08. The minimum Gasteiger partial charge on any atom is -0.465 e. The molecule has 0 amide bonds. The quantitative estimate of drug-likeness (QED) is 0.758. The molecule has 1 heterocycles. The van der Waals surface area contributed by atoms with Gasteiger partial charge in [-0.15, -0.1) is 0 Å². The Labute approximate surface area is 108 Å². The molecule has 1 rings (SSSR count). The van der Waals surface area contributed by atoms with E-state index >= 15 is 0 Å². The van der Waals surface area contributed by atoms with Crippen LogP contribution in [0.4, 0.5) is 11.5 Å². The highest BCUT2D eigenvalue weighted by Crippen LogP contribution is 2.18. The fourth-order valence-electron chi connectivity index (χ4n) is 1.71. The van der Waals surface area contributed by atoms with Crippen molar-refractivity contribution in [2.75, 3.05) is 24.7 Å². The van der Waals surface area contributed by atoms with Crippen LogP contribution in [0, 0.1) is 5.92 Å². The van der Waals surface area contributed by atoms with Gasteiger partial charge in [-0.2, -0.15) is 0 Å². The van der Waals surface area contributed by atoms with Gasteiger partial charge in [0, 0.05) is 6.54 Å². The Hall–Kier alpha value is -1.78. The summed E-state index contributed by atoms with van der Waals surface area (Å²) in [5, 5.41) is 3.19. The molecule has 1 aromatic heterocycles. The Kier molecular flexibility index (Phi) is 5.42. The van der Waals surface area contributed by atoms with Gasteiger partial charge in [0.1, 0.15) is 11.4 Å². The van der Waals surface area contributed by atoms with Crippen LogP contribution in [0.3, 0.4) is 0 Å². The number of nitrogen functional groups attached to an aromatic ring is 1. The summed E-state index contributed by atoms with van der Waals surface area (Å²) in [7, 11) is 1.34. The molecule has 0 saturated heterocycles. The van der Waals surface area contributed by atoms with E-state index in [1.165, 1.54) is 13.3 Å². The lowest BCUT2D eigenvalue weighted by atomic mass is 10.0. The normalized spacial score (nSPS) is 10.4. The fourth-order valence-corrected chi connectivity index (χ4v) is 1.71. The van der Waals surface area contributed by atoms with Crippen LogP contribution in [-0.2, 0) is 4.74 Å². The van der Waals surface area contributed by atoms with E-state index in [1.807, 2.05) is 0 Å². The van der Waals surface area contributed by atoms with E-state index in [0.717, 1.165) is 19.4 Å². The summed E-state index contributed by atoms with van der Waals surface area (Å²) in [6, 6.07) is 1.58. The Morgan fingerprint density at radius 1 is 1.50 bits per heavy atom. The second kappa shape index (κ2) is 6.83. The van der Waals surface area contributed by atoms with Crippen LogP contribution in [0.5, 0.6) is 0 Å².